The van der Waals surface area contributed by atoms with E-state index in [1.54, 1.807) is 19.9 Å². The Hall–Kier alpha value is -1.26. The normalized spacial score (nSPS) is 23.7. The van der Waals surface area contributed by atoms with E-state index in [9.17, 15) is 5.11 Å². The van der Waals surface area contributed by atoms with E-state index >= 15 is 0 Å². The van der Waals surface area contributed by atoms with Crippen LogP contribution in [0.5, 0.6) is 0 Å². The zero-order valence-corrected chi connectivity index (χ0v) is 11.6. The lowest BCUT2D eigenvalue weighted by molar-refractivity contribution is 0.0118. The summed E-state index contributed by atoms with van der Waals surface area (Å²) in [5, 5.41) is 9.77. The van der Waals surface area contributed by atoms with E-state index in [4.69, 9.17) is 4.74 Å². The van der Waals surface area contributed by atoms with Gasteiger partial charge in [-0.2, -0.15) is 0 Å². The molecule has 4 nitrogen and oxygen atoms in total. The zero-order valence-electron chi connectivity index (χ0n) is 11.6. The largest absolute Gasteiger partial charge is 0.386 e. The number of nitrogens with zero attached hydrogens (tertiary/aromatic N) is 2. The molecule has 0 amide bonds. The topological polar surface area (TPSA) is 55.2 Å². The van der Waals surface area contributed by atoms with Crippen molar-refractivity contribution < 1.29 is 9.84 Å². The minimum absolute atomic E-state index is 0.522. The molecule has 18 heavy (non-hydrogen) atoms. The standard InChI is InChI=1S/C14H20N2O2/c1-9-11-8-18-14(5,7-6-13(3,4)17)12(11)16-10(2)15-9/h6-7,17H,8H2,1-5H3. The number of aromatic nitrogens is 2. The Labute approximate surface area is 108 Å². The molecule has 0 aliphatic carbocycles. The van der Waals surface area contributed by atoms with E-state index in [-0.39, 0.29) is 0 Å². The Morgan fingerprint density at radius 2 is 2.00 bits per heavy atom. The first-order valence-electron chi connectivity index (χ1n) is 6.13. The van der Waals surface area contributed by atoms with Crippen LogP contribution in [-0.4, -0.2) is 20.7 Å². The maximum atomic E-state index is 9.77. The van der Waals surface area contributed by atoms with Crippen LogP contribution < -0.4 is 0 Å². The molecule has 1 unspecified atom stereocenters. The molecule has 1 aliphatic heterocycles. The molecule has 98 valence electrons. The molecular weight excluding hydrogens is 228 g/mol. The smallest absolute Gasteiger partial charge is 0.126 e. The number of ether oxygens (including phenoxy) is 1. The van der Waals surface area contributed by atoms with Crippen LogP contribution in [0.2, 0.25) is 0 Å². The monoisotopic (exact) mass is 248 g/mol. The summed E-state index contributed by atoms with van der Waals surface area (Å²) in [5.74, 6) is 0.750. The molecule has 1 aromatic rings. The predicted molar refractivity (Wildman–Crippen MR) is 69.1 cm³/mol. The summed E-state index contributed by atoms with van der Waals surface area (Å²) in [6, 6.07) is 0. The Kier molecular flexibility index (Phi) is 3.03. The lowest BCUT2D eigenvalue weighted by Crippen LogP contribution is -2.22. The van der Waals surface area contributed by atoms with Gasteiger partial charge >= 0.3 is 0 Å². The number of hydrogen-bond donors (Lipinski definition) is 1. The van der Waals surface area contributed by atoms with Gasteiger partial charge in [-0.05, 0) is 40.7 Å². The molecular formula is C14H20N2O2. The van der Waals surface area contributed by atoms with E-state index < -0.39 is 11.2 Å². The van der Waals surface area contributed by atoms with Crippen molar-refractivity contribution in [2.24, 2.45) is 0 Å². The van der Waals surface area contributed by atoms with Crippen molar-refractivity contribution in [1.82, 2.24) is 9.97 Å². The number of fused-ring (bicyclic) bond motifs is 1. The molecule has 0 saturated carbocycles. The molecule has 1 atom stereocenters. The van der Waals surface area contributed by atoms with Crippen LogP contribution in [0.4, 0.5) is 0 Å². The minimum Gasteiger partial charge on any atom is -0.386 e. The lowest BCUT2D eigenvalue weighted by Gasteiger charge is -2.21. The number of aliphatic hydroxyl groups is 1. The van der Waals surface area contributed by atoms with Crippen LogP contribution in [0, 0.1) is 13.8 Å². The Balaban J connectivity index is 2.44. The first-order valence-corrected chi connectivity index (χ1v) is 6.13. The van der Waals surface area contributed by atoms with Gasteiger partial charge in [-0.15, -0.1) is 0 Å². The van der Waals surface area contributed by atoms with Crippen LogP contribution in [-0.2, 0) is 16.9 Å². The molecule has 0 spiro atoms. The maximum absolute atomic E-state index is 9.77. The van der Waals surface area contributed by atoms with Gasteiger partial charge in [0.25, 0.3) is 0 Å². The molecule has 0 fully saturated rings. The van der Waals surface area contributed by atoms with Gasteiger partial charge in [0.2, 0.25) is 0 Å². The first-order chi connectivity index (χ1) is 8.21. The molecule has 4 heteroatoms. The molecule has 1 N–H and O–H groups in total. The van der Waals surface area contributed by atoms with E-state index in [0.717, 1.165) is 22.8 Å². The van der Waals surface area contributed by atoms with Gasteiger partial charge in [-0.25, -0.2) is 9.97 Å². The highest BCUT2D eigenvalue weighted by atomic mass is 16.5. The van der Waals surface area contributed by atoms with Crippen LogP contribution in [0.25, 0.3) is 0 Å². The second-order valence-electron chi connectivity index (χ2n) is 5.57. The highest BCUT2D eigenvalue weighted by Crippen LogP contribution is 2.37. The molecule has 2 rings (SSSR count). The zero-order chi connectivity index (χ0) is 13.6. The molecule has 2 heterocycles. The minimum atomic E-state index is -0.855. The average molecular weight is 248 g/mol. The van der Waals surface area contributed by atoms with Gasteiger partial charge in [0.1, 0.15) is 11.4 Å². The maximum Gasteiger partial charge on any atom is 0.126 e. The number of aryl methyl sites for hydroxylation is 2. The third-order valence-corrected chi connectivity index (χ3v) is 3.12. The van der Waals surface area contributed by atoms with Gasteiger partial charge < -0.3 is 9.84 Å². The van der Waals surface area contributed by atoms with E-state index in [1.807, 2.05) is 26.8 Å². The summed E-state index contributed by atoms with van der Waals surface area (Å²) < 4.78 is 5.84. The molecule has 1 aliphatic rings. The lowest BCUT2D eigenvalue weighted by atomic mass is 9.96. The highest BCUT2D eigenvalue weighted by molar-refractivity contribution is 5.35. The molecule has 0 bridgehead atoms. The summed E-state index contributed by atoms with van der Waals surface area (Å²) in [4.78, 5) is 8.85. The summed E-state index contributed by atoms with van der Waals surface area (Å²) in [6.45, 7) is 9.81. The van der Waals surface area contributed by atoms with Crippen molar-refractivity contribution in [3.63, 3.8) is 0 Å². The summed E-state index contributed by atoms with van der Waals surface area (Å²) in [6.07, 6.45) is 3.62. The second kappa shape index (κ2) is 4.14. The third kappa shape index (κ3) is 2.44. The third-order valence-electron chi connectivity index (χ3n) is 3.12. The van der Waals surface area contributed by atoms with Crippen molar-refractivity contribution in [1.29, 1.82) is 0 Å². The fourth-order valence-corrected chi connectivity index (χ4v) is 2.10. The van der Waals surface area contributed by atoms with Gasteiger partial charge in [-0.1, -0.05) is 6.08 Å². The van der Waals surface area contributed by atoms with Crippen molar-refractivity contribution in [2.45, 2.75) is 52.4 Å². The summed E-state index contributed by atoms with van der Waals surface area (Å²) in [7, 11) is 0. The molecule has 0 radical (unpaired) electrons. The second-order valence-corrected chi connectivity index (χ2v) is 5.57. The van der Waals surface area contributed by atoms with Crippen molar-refractivity contribution in [3.05, 3.63) is 34.9 Å². The van der Waals surface area contributed by atoms with Crippen LogP contribution in [0.15, 0.2) is 12.2 Å². The fourth-order valence-electron chi connectivity index (χ4n) is 2.10. The number of hydrogen-bond acceptors (Lipinski definition) is 4. The van der Waals surface area contributed by atoms with Gasteiger partial charge in [-0.3, -0.25) is 0 Å². The van der Waals surface area contributed by atoms with Crippen molar-refractivity contribution >= 4 is 0 Å². The van der Waals surface area contributed by atoms with Gasteiger partial charge in [0.15, 0.2) is 0 Å². The highest BCUT2D eigenvalue weighted by Gasteiger charge is 2.36. The quantitative estimate of drug-likeness (QED) is 0.815. The Morgan fingerprint density at radius 3 is 2.61 bits per heavy atom. The Morgan fingerprint density at radius 1 is 1.33 bits per heavy atom. The predicted octanol–water partition coefficient (Wildman–Crippen LogP) is 2.17. The number of rotatable bonds is 2. The first kappa shape index (κ1) is 13.2. The van der Waals surface area contributed by atoms with Crippen molar-refractivity contribution in [2.75, 3.05) is 0 Å². The Bertz CT molecular complexity index is 503. The fraction of sp³-hybridized carbons (Fsp3) is 0.571. The molecule has 0 aromatic carbocycles. The van der Waals surface area contributed by atoms with Crippen molar-refractivity contribution in [3.8, 4) is 0 Å². The van der Waals surface area contributed by atoms with Gasteiger partial charge in [0.05, 0.1) is 17.9 Å². The molecule has 1 aromatic heterocycles. The summed E-state index contributed by atoms with van der Waals surface area (Å²) in [5.41, 5.74) is 1.51. The van der Waals surface area contributed by atoms with Crippen LogP contribution >= 0.6 is 0 Å². The SMILES string of the molecule is Cc1nc(C)c2c(n1)C(C)(C=CC(C)(C)O)OC2. The van der Waals surface area contributed by atoms with Gasteiger partial charge in [0, 0.05) is 11.3 Å². The molecule has 0 saturated heterocycles. The van der Waals surface area contributed by atoms with E-state index in [0.29, 0.717) is 6.61 Å². The van der Waals surface area contributed by atoms with Crippen LogP contribution in [0.3, 0.4) is 0 Å². The summed E-state index contributed by atoms with van der Waals surface area (Å²) >= 11 is 0. The van der Waals surface area contributed by atoms with Crippen LogP contribution in [0.1, 0.15) is 43.5 Å². The average Bonchev–Trinajstić information content (AvgIpc) is 2.54. The van der Waals surface area contributed by atoms with E-state index in [1.165, 1.54) is 0 Å². The van der Waals surface area contributed by atoms with E-state index in [2.05, 4.69) is 9.97 Å².